The van der Waals surface area contributed by atoms with Crippen LogP contribution >= 0.6 is 0 Å². The molecule has 106 valence electrons. The van der Waals surface area contributed by atoms with Gasteiger partial charge in [0.15, 0.2) is 0 Å². The molecule has 1 heterocycles. The average molecular weight is 265 g/mol. The van der Waals surface area contributed by atoms with Gasteiger partial charge in [0, 0.05) is 38.9 Å². The van der Waals surface area contributed by atoms with Crippen LogP contribution in [0.3, 0.4) is 0 Å². The van der Waals surface area contributed by atoms with Crippen molar-refractivity contribution in [3.63, 3.8) is 0 Å². The largest absolute Gasteiger partial charge is 0.337 e. The Kier molecular flexibility index (Phi) is 5.76. The number of nitrogens with zero attached hydrogens (tertiary/aromatic N) is 3. The molecule has 0 radical (unpaired) electrons. The number of hydrogen-bond donors (Lipinski definition) is 0. The maximum Gasteiger partial charge on any atom is 0.255 e. The van der Waals surface area contributed by atoms with Gasteiger partial charge in [0.2, 0.25) is 5.56 Å². The molecule has 0 N–H and O–H groups in total. The first-order valence-corrected chi connectivity index (χ1v) is 6.56. The molecule has 0 aliphatic carbocycles. The van der Waals surface area contributed by atoms with Crippen molar-refractivity contribution < 1.29 is 4.79 Å². The molecule has 5 heteroatoms. The van der Waals surface area contributed by atoms with Gasteiger partial charge < -0.3 is 14.4 Å². The molecule has 0 spiro atoms. The summed E-state index contributed by atoms with van der Waals surface area (Å²) in [6.45, 7) is 4.31. The molecule has 0 aliphatic heterocycles. The minimum atomic E-state index is -0.105. The normalized spacial score (nSPS) is 10.8. The van der Waals surface area contributed by atoms with Crippen LogP contribution in [-0.4, -0.2) is 54.0 Å². The highest BCUT2D eigenvalue weighted by Gasteiger charge is 2.15. The van der Waals surface area contributed by atoms with Crippen molar-refractivity contribution in [2.75, 3.05) is 33.7 Å². The highest BCUT2D eigenvalue weighted by Crippen LogP contribution is 2.04. The predicted molar refractivity (Wildman–Crippen MR) is 76.4 cm³/mol. The van der Waals surface area contributed by atoms with Crippen LogP contribution in [0.25, 0.3) is 0 Å². The SMILES string of the molecule is CCCN(CCN(C)C)C(=O)c1ccc(=O)n(C)c1. The zero-order chi connectivity index (χ0) is 14.4. The van der Waals surface area contributed by atoms with Gasteiger partial charge in [0.25, 0.3) is 5.91 Å². The second-order valence-corrected chi connectivity index (χ2v) is 4.96. The molecular formula is C14H23N3O2. The molecule has 1 amide bonds. The summed E-state index contributed by atoms with van der Waals surface area (Å²) in [5.41, 5.74) is 0.459. The molecule has 1 aromatic heterocycles. The Hall–Kier alpha value is -1.62. The minimum Gasteiger partial charge on any atom is -0.337 e. The van der Waals surface area contributed by atoms with Gasteiger partial charge in [-0.05, 0) is 26.6 Å². The third-order valence-corrected chi connectivity index (χ3v) is 2.93. The van der Waals surface area contributed by atoms with E-state index < -0.39 is 0 Å². The highest BCUT2D eigenvalue weighted by atomic mass is 16.2. The van der Waals surface area contributed by atoms with Crippen molar-refractivity contribution in [3.05, 3.63) is 34.2 Å². The Morgan fingerprint density at radius 1 is 1.21 bits per heavy atom. The first-order chi connectivity index (χ1) is 8.95. The molecule has 0 unspecified atom stereocenters. The third-order valence-electron chi connectivity index (χ3n) is 2.93. The molecule has 19 heavy (non-hydrogen) atoms. The lowest BCUT2D eigenvalue weighted by atomic mass is 10.2. The van der Waals surface area contributed by atoms with Gasteiger partial charge in [-0.1, -0.05) is 6.92 Å². The molecule has 0 saturated heterocycles. The smallest absolute Gasteiger partial charge is 0.255 e. The van der Waals surface area contributed by atoms with E-state index in [-0.39, 0.29) is 11.5 Å². The van der Waals surface area contributed by atoms with Gasteiger partial charge in [0.1, 0.15) is 0 Å². The highest BCUT2D eigenvalue weighted by molar-refractivity contribution is 5.93. The van der Waals surface area contributed by atoms with Crippen molar-refractivity contribution in [1.29, 1.82) is 0 Å². The summed E-state index contributed by atoms with van der Waals surface area (Å²) in [5, 5.41) is 0. The summed E-state index contributed by atoms with van der Waals surface area (Å²) in [6, 6.07) is 3.03. The summed E-state index contributed by atoms with van der Waals surface area (Å²) in [7, 11) is 5.63. The third kappa shape index (κ3) is 4.52. The number of carbonyl (C=O) groups excluding carboxylic acids is 1. The number of hydrogen-bond acceptors (Lipinski definition) is 3. The Morgan fingerprint density at radius 2 is 1.89 bits per heavy atom. The lowest BCUT2D eigenvalue weighted by Crippen LogP contribution is -2.37. The van der Waals surface area contributed by atoms with Gasteiger partial charge in [-0.15, -0.1) is 0 Å². The van der Waals surface area contributed by atoms with E-state index in [1.54, 1.807) is 19.3 Å². The van der Waals surface area contributed by atoms with Crippen LogP contribution in [0.1, 0.15) is 23.7 Å². The van der Waals surface area contributed by atoms with E-state index in [2.05, 4.69) is 11.8 Å². The van der Waals surface area contributed by atoms with E-state index >= 15 is 0 Å². The van der Waals surface area contributed by atoms with Crippen LogP contribution < -0.4 is 5.56 Å². The Labute approximate surface area is 114 Å². The molecule has 0 atom stereocenters. The van der Waals surface area contributed by atoms with Crippen molar-refractivity contribution in [2.24, 2.45) is 7.05 Å². The molecular weight excluding hydrogens is 242 g/mol. The van der Waals surface area contributed by atoms with Gasteiger partial charge in [-0.25, -0.2) is 0 Å². The van der Waals surface area contributed by atoms with Gasteiger partial charge in [0.05, 0.1) is 5.56 Å². The van der Waals surface area contributed by atoms with E-state index in [0.717, 1.165) is 19.5 Å². The van der Waals surface area contributed by atoms with Crippen LogP contribution in [0.5, 0.6) is 0 Å². The number of amides is 1. The predicted octanol–water partition coefficient (Wildman–Crippen LogP) is 0.799. The lowest BCUT2D eigenvalue weighted by Gasteiger charge is -2.24. The molecule has 1 aromatic rings. The Morgan fingerprint density at radius 3 is 2.42 bits per heavy atom. The Bertz CT molecular complexity index is 480. The number of pyridine rings is 1. The monoisotopic (exact) mass is 265 g/mol. The van der Waals surface area contributed by atoms with Crippen molar-refractivity contribution in [3.8, 4) is 0 Å². The summed E-state index contributed by atoms with van der Waals surface area (Å²) in [6.07, 6.45) is 2.52. The van der Waals surface area contributed by atoms with Crippen LogP contribution in [0.4, 0.5) is 0 Å². The summed E-state index contributed by atoms with van der Waals surface area (Å²) in [5.74, 6) is -0.0145. The number of rotatable bonds is 6. The average Bonchev–Trinajstić information content (AvgIpc) is 2.36. The number of carbonyl (C=O) groups is 1. The second kappa shape index (κ2) is 7.09. The van der Waals surface area contributed by atoms with E-state index in [9.17, 15) is 9.59 Å². The zero-order valence-electron chi connectivity index (χ0n) is 12.2. The first kappa shape index (κ1) is 15.4. The lowest BCUT2D eigenvalue weighted by molar-refractivity contribution is 0.0744. The molecule has 0 aliphatic rings. The number of aryl methyl sites for hydroxylation is 1. The van der Waals surface area contributed by atoms with Gasteiger partial charge in [-0.3, -0.25) is 9.59 Å². The fourth-order valence-corrected chi connectivity index (χ4v) is 1.81. The maximum absolute atomic E-state index is 12.4. The standard InChI is InChI=1S/C14H23N3O2/c1-5-8-17(10-9-15(2)3)14(19)12-6-7-13(18)16(4)11-12/h6-7,11H,5,8-10H2,1-4H3. The first-order valence-electron chi connectivity index (χ1n) is 6.56. The minimum absolute atomic E-state index is 0.0145. The summed E-state index contributed by atoms with van der Waals surface area (Å²) >= 11 is 0. The van der Waals surface area contributed by atoms with Gasteiger partial charge >= 0.3 is 0 Å². The molecule has 5 nitrogen and oxygen atoms in total. The van der Waals surface area contributed by atoms with E-state index in [0.29, 0.717) is 12.1 Å². The summed E-state index contributed by atoms with van der Waals surface area (Å²) < 4.78 is 1.43. The zero-order valence-corrected chi connectivity index (χ0v) is 12.2. The summed E-state index contributed by atoms with van der Waals surface area (Å²) in [4.78, 5) is 27.6. The van der Waals surface area contributed by atoms with Gasteiger partial charge in [-0.2, -0.15) is 0 Å². The van der Waals surface area contributed by atoms with E-state index in [1.807, 2.05) is 19.0 Å². The van der Waals surface area contributed by atoms with Crippen molar-refractivity contribution in [1.82, 2.24) is 14.4 Å². The molecule has 1 rings (SSSR count). The molecule has 0 saturated carbocycles. The molecule has 0 fully saturated rings. The number of likely N-dealkylation sites (N-methyl/N-ethyl adjacent to an activating group) is 1. The topological polar surface area (TPSA) is 45.6 Å². The fraction of sp³-hybridized carbons (Fsp3) is 0.571. The van der Waals surface area contributed by atoms with Crippen molar-refractivity contribution >= 4 is 5.91 Å². The number of aromatic nitrogens is 1. The van der Waals surface area contributed by atoms with E-state index in [1.165, 1.54) is 10.6 Å². The van der Waals surface area contributed by atoms with Crippen LogP contribution in [-0.2, 0) is 7.05 Å². The Balaban J connectivity index is 2.85. The van der Waals surface area contributed by atoms with E-state index in [4.69, 9.17) is 0 Å². The molecule has 0 aromatic carbocycles. The maximum atomic E-state index is 12.4. The fourth-order valence-electron chi connectivity index (χ4n) is 1.81. The quantitative estimate of drug-likeness (QED) is 0.764. The van der Waals surface area contributed by atoms with Crippen LogP contribution in [0.15, 0.2) is 23.1 Å². The van der Waals surface area contributed by atoms with Crippen LogP contribution in [0.2, 0.25) is 0 Å². The van der Waals surface area contributed by atoms with Crippen molar-refractivity contribution in [2.45, 2.75) is 13.3 Å². The molecule has 0 bridgehead atoms. The second-order valence-electron chi connectivity index (χ2n) is 4.96. The van der Waals surface area contributed by atoms with Crippen LogP contribution in [0, 0.1) is 0 Å².